The van der Waals surface area contributed by atoms with Crippen molar-refractivity contribution in [3.63, 3.8) is 0 Å². The molecule has 2 aromatic rings. The fourth-order valence-electron chi connectivity index (χ4n) is 6.82. The Hall–Kier alpha value is -3.41. The van der Waals surface area contributed by atoms with Crippen LogP contribution in [0.2, 0.25) is 0 Å². The molecule has 1 saturated carbocycles. The summed E-state index contributed by atoms with van der Waals surface area (Å²) in [5.41, 5.74) is 5.16. The summed E-state index contributed by atoms with van der Waals surface area (Å²) in [6, 6.07) is 8.90. The second-order valence-corrected chi connectivity index (χ2v) is 13.3. The molecule has 0 aromatic heterocycles. The van der Waals surface area contributed by atoms with E-state index in [2.05, 4.69) is 55.9 Å². The van der Waals surface area contributed by atoms with Crippen LogP contribution in [-0.4, -0.2) is 23.5 Å². The predicted molar refractivity (Wildman–Crippen MR) is 186 cm³/mol. The van der Waals surface area contributed by atoms with Gasteiger partial charge in [0, 0.05) is 29.3 Å². The highest BCUT2D eigenvalue weighted by atomic mass is 19.3. The maximum Gasteiger partial charge on any atom is 0.248 e. The SMILES string of the molecule is C=Nc1c(C(=O)/C=C/C)c(O)/c2c(c1CCCC)=NC(CCCc1ccc(CCCCC3CCC(F)(F)CC3)cc1)=CCC(C)\C=2. The van der Waals surface area contributed by atoms with Crippen LogP contribution in [0.1, 0.15) is 125 Å². The number of alkyl halides is 2. The number of phenols is 1. The van der Waals surface area contributed by atoms with Crippen molar-refractivity contribution in [1.29, 1.82) is 0 Å². The van der Waals surface area contributed by atoms with Crippen LogP contribution in [0.5, 0.6) is 5.75 Å². The number of aliphatic imine (C=N–C) groups is 1. The Morgan fingerprint density at radius 2 is 1.72 bits per heavy atom. The van der Waals surface area contributed by atoms with E-state index in [0.717, 1.165) is 75.5 Å². The molecule has 0 radical (unpaired) electrons. The first kappa shape index (κ1) is 35.4. The van der Waals surface area contributed by atoms with Crippen LogP contribution in [-0.2, 0) is 19.3 Å². The van der Waals surface area contributed by atoms with E-state index in [1.165, 1.54) is 17.2 Å². The molecule has 2 aromatic carbocycles. The molecular formula is C40H52F2N2O2. The molecule has 4 rings (SSSR count). The van der Waals surface area contributed by atoms with Crippen molar-refractivity contribution in [1.82, 2.24) is 0 Å². The van der Waals surface area contributed by atoms with Gasteiger partial charge in [-0.2, -0.15) is 0 Å². The van der Waals surface area contributed by atoms with E-state index in [1.54, 1.807) is 13.0 Å². The van der Waals surface area contributed by atoms with E-state index < -0.39 is 5.92 Å². The molecule has 1 fully saturated rings. The quantitative estimate of drug-likeness (QED) is 0.0922. The second kappa shape index (κ2) is 16.9. The van der Waals surface area contributed by atoms with Crippen molar-refractivity contribution in [3.8, 4) is 5.75 Å². The monoisotopic (exact) mass is 630 g/mol. The lowest BCUT2D eigenvalue weighted by Gasteiger charge is -2.28. The molecule has 1 aliphatic heterocycles. The number of allylic oxidation sites excluding steroid dienone is 4. The van der Waals surface area contributed by atoms with Gasteiger partial charge in [0.1, 0.15) is 5.75 Å². The Kier molecular flexibility index (Phi) is 13.1. The third-order valence-electron chi connectivity index (χ3n) is 9.58. The molecule has 0 amide bonds. The largest absolute Gasteiger partial charge is 0.506 e. The van der Waals surface area contributed by atoms with Crippen LogP contribution < -0.4 is 10.6 Å². The first-order chi connectivity index (χ1) is 22.2. The Morgan fingerprint density at radius 1 is 1.04 bits per heavy atom. The lowest BCUT2D eigenvalue weighted by Crippen LogP contribution is -2.33. The van der Waals surface area contributed by atoms with Gasteiger partial charge in [-0.3, -0.25) is 14.8 Å². The molecule has 0 saturated heterocycles. The number of aromatic hydroxyl groups is 1. The van der Waals surface area contributed by atoms with Crippen molar-refractivity contribution in [2.75, 3.05) is 0 Å². The number of halogens is 2. The maximum absolute atomic E-state index is 13.4. The third kappa shape index (κ3) is 9.56. The van der Waals surface area contributed by atoms with Gasteiger partial charge in [-0.15, -0.1) is 0 Å². The number of aryl methyl sites for hydroxylation is 2. The standard InChI is InChI=1S/C40H52F2N2O2/c1-5-7-16-33-37-34(39(46)36(38(33)43-4)35(45)11-6-2)27-28(3)17-22-32(44-37)15-10-14-30-20-18-29(19-21-30)12-8-9-13-31-23-25-40(41,42)26-24-31/h6,11,18-22,27-28,31,46H,4-5,7-10,12-17,23-26H2,1-3H3/b11-6+,32-22?,34-27+,44-37?. The molecule has 6 heteroatoms. The predicted octanol–water partition coefficient (Wildman–Crippen LogP) is 9.71. The van der Waals surface area contributed by atoms with Gasteiger partial charge in [-0.1, -0.05) is 75.6 Å². The molecule has 1 aliphatic carbocycles. The summed E-state index contributed by atoms with van der Waals surface area (Å²) in [7, 11) is 0. The zero-order chi connectivity index (χ0) is 33.1. The summed E-state index contributed by atoms with van der Waals surface area (Å²) in [4.78, 5) is 22.5. The highest BCUT2D eigenvalue weighted by Gasteiger charge is 2.34. The van der Waals surface area contributed by atoms with Crippen molar-refractivity contribution in [2.45, 2.75) is 123 Å². The van der Waals surface area contributed by atoms with Gasteiger partial charge in [-0.25, -0.2) is 8.78 Å². The van der Waals surface area contributed by atoms with Crippen LogP contribution in [0.25, 0.3) is 6.08 Å². The number of hydrogen-bond donors (Lipinski definition) is 1. The van der Waals surface area contributed by atoms with Crippen molar-refractivity contribution < 1.29 is 18.7 Å². The van der Waals surface area contributed by atoms with Gasteiger partial charge < -0.3 is 5.11 Å². The topological polar surface area (TPSA) is 62.0 Å². The van der Waals surface area contributed by atoms with Crippen LogP contribution in [0, 0.1) is 11.8 Å². The third-order valence-corrected chi connectivity index (χ3v) is 9.58. The van der Waals surface area contributed by atoms with Crippen molar-refractivity contribution in [3.05, 3.63) is 81.0 Å². The van der Waals surface area contributed by atoms with Crippen molar-refractivity contribution >= 4 is 24.3 Å². The number of carbonyl (C=O) groups excluding carboxylic acids is 1. The van der Waals surface area contributed by atoms with E-state index in [-0.39, 0.29) is 35.9 Å². The number of carbonyl (C=O) groups is 1. The van der Waals surface area contributed by atoms with Gasteiger partial charge in [0.25, 0.3) is 0 Å². The van der Waals surface area contributed by atoms with Crippen LogP contribution in [0.3, 0.4) is 0 Å². The molecule has 1 N–H and O–H groups in total. The molecule has 0 bridgehead atoms. The first-order valence-electron chi connectivity index (χ1n) is 17.4. The number of benzene rings is 2. The van der Waals surface area contributed by atoms with E-state index in [9.17, 15) is 18.7 Å². The molecule has 0 spiro atoms. The number of ketones is 1. The van der Waals surface area contributed by atoms with Gasteiger partial charge in [0.2, 0.25) is 5.92 Å². The number of fused-ring (bicyclic) bond motifs is 1. The smallest absolute Gasteiger partial charge is 0.248 e. The van der Waals surface area contributed by atoms with Gasteiger partial charge in [0.15, 0.2) is 5.78 Å². The summed E-state index contributed by atoms with van der Waals surface area (Å²) in [5.74, 6) is -2.13. The average molecular weight is 631 g/mol. The lowest BCUT2D eigenvalue weighted by atomic mass is 9.83. The minimum Gasteiger partial charge on any atom is -0.506 e. The summed E-state index contributed by atoms with van der Waals surface area (Å²) >= 11 is 0. The van der Waals surface area contributed by atoms with Gasteiger partial charge in [-0.05, 0) is 107 Å². The normalized spacial score (nSPS) is 18.9. The minimum absolute atomic E-state index is 0.0590. The maximum atomic E-state index is 13.4. The van der Waals surface area contributed by atoms with Crippen LogP contribution in [0.15, 0.2) is 58.2 Å². The number of rotatable bonds is 15. The summed E-state index contributed by atoms with van der Waals surface area (Å²) < 4.78 is 26.8. The number of hydrogen-bond acceptors (Lipinski definition) is 4. The Labute approximate surface area is 274 Å². The van der Waals surface area contributed by atoms with E-state index >= 15 is 0 Å². The highest BCUT2D eigenvalue weighted by Crippen LogP contribution is 2.38. The Morgan fingerprint density at radius 3 is 2.35 bits per heavy atom. The average Bonchev–Trinajstić information content (AvgIpc) is 3.03. The Bertz CT molecular complexity index is 1530. The molecular weight excluding hydrogens is 578 g/mol. The minimum atomic E-state index is -2.43. The summed E-state index contributed by atoms with van der Waals surface area (Å²) in [5, 5.41) is 12.8. The van der Waals surface area contributed by atoms with Crippen LogP contribution >= 0.6 is 0 Å². The zero-order valence-electron chi connectivity index (χ0n) is 28.1. The number of unbranched alkanes of at least 4 members (excludes halogenated alkanes) is 2. The van der Waals surface area contributed by atoms with Crippen LogP contribution in [0.4, 0.5) is 14.5 Å². The molecule has 1 unspecified atom stereocenters. The summed E-state index contributed by atoms with van der Waals surface area (Å²) in [6.07, 6.45) is 19.3. The molecule has 2 aliphatic rings. The number of nitrogens with zero attached hydrogens (tertiary/aromatic N) is 2. The van der Waals surface area contributed by atoms with E-state index in [0.29, 0.717) is 41.4 Å². The highest BCUT2D eigenvalue weighted by molar-refractivity contribution is 6.10. The van der Waals surface area contributed by atoms with E-state index in [4.69, 9.17) is 4.99 Å². The van der Waals surface area contributed by atoms with Gasteiger partial charge in [0.05, 0.1) is 16.6 Å². The number of phenolic OH excluding ortho intramolecular Hbond substituents is 1. The molecule has 1 heterocycles. The lowest BCUT2D eigenvalue weighted by molar-refractivity contribution is -0.0466. The first-order valence-corrected chi connectivity index (χ1v) is 17.4. The van der Waals surface area contributed by atoms with Gasteiger partial charge >= 0.3 is 0 Å². The van der Waals surface area contributed by atoms with E-state index in [1.807, 2.05) is 6.08 Å². The summed E-state index contributed by atoms with van der Waals surface area (Å²) in [6.45, 7) is 9.82. The fourth-order valence-corrected chi connectivity index (χ4v) is 6.82. The second-order valence-electron chi connectivity index (χ2n) is 13.3. The van der Waals surface area contributed by atoms with Crippen molar-refractivity contribution in [2.24, 2.45) is 21.8 Å². The fraction of sp³-hybridized carbons (Fsp3) is 0.525. The molecule has 1 atom stereocenters. The zero-order valence-corrected chi connectivity index (χ0v) is 28.1. The Balaban J connectivity index is 1.43. The molecule has 248 valence electrons. The molecule has 46 heavy (non-hydrogen) atoms. The molecule has 4 nitrogen and oxygen atoms in total.